The molecule has 0 aliphatic carbocycles. The second-order valence-electron chi connectivity index (χ2n) is 12.0. The second-order valence-corrected chi connectivity index (χ2v) is 13.8. The number of hydrogen-bond donors (Lipinski definition) is 0. The molecule has 0 N–H and O–H groups in total. The molecule has 2 heterocycles. The van der Waals surface area contributed by atoms with Crippen molar-refractivity contribution in [1.82, 2.24) is 9.13 Å². The molecule has 0 spiro atoms. The van der Waals surface area contributed by atoms with Crippen LogP contribution in [0.1, 0.15) is 0 Å². The van der Waals surface area contributed by atoms with Crippen LogP contribution in [-0.4, -0.2) is 9.13 Å². The average Bonchev–Trinajstić information content (AvgIpc) is 3.62. The molecule has 0 unspecified atom stereocenters. The van der Waals surface area contributed by atoms with Crippen LogP contribution >= 0.6 is 31.9 Å². The minimum atomic E-state index is 1.08. The van der Waals surface area contributed by atoms with Gasteiger partial charge in [-0.2, -0.15) is 0 Å². The second kappa shape index (κ2) is 9.80. The van der Waals surface area contributed by atoms with Crippen LogP contribution in [0.25, 0.3) is 87.3 Å². The lowest BCUT2D eigenvalue weighted by Crippen LogP contribution is -1.98. The first-order valence-electron chi connectivity index (χ1n) is 15.4. The van der Waals surface area contributed by atoms with Crippen molar-refractivity contribution in [3.8, 4) is 11.4 Å². The fourth-order valence-electron chi connectivity index (χ4n) is 7.84. The lowest BCUT2D eigenvalue weighted by Gasteiger charge is -2.17. The van der Waals surface area contributed by atoms with Gasteiger partial charge < -0.3 is 9.13 Å². The van der Waals surface area contributed by atoms with E-state index in [0.717, 1.165) is 20.3 Å². The van der Waals surface area contributed by atoms with E-state index in [2.05, 4.69) is 187 Å². The summed E-state index contributed by atoms with van der Waals surface area (Å²) >= 11 is 7.63. The van der Waals surface area contributed by atoms with Crippen LogP contribution in [0.2, 0.25) is 0 Å². The molecular formula is C42H24Br2N2. The van der Waals surface area contributed by atoms with Gasteiger partial charge in [-0.3, -0.25) is 0 Å². The molecule has 2 nitrogen and oxygen atoms in total. The summed E-state index contributed by atoms with van der Waals surface area (Å²) in [4.78, 5) is 0. The summed E-state index contributed by atoms with van der Waals surface area (Å²) in [5.74, 6) is 0. The Morgan fingerprint density at radius 2 is 0.674 bits per heavy atom. The molecule has 8 aromatic carbocycles. The highest BCUT2D eigenvalue weighted by Gasteiger charge is 2.26. The maximum Gasteiger partial charge on any atom is 0.0633 e. The molecule has 0 bridgehead atoms. The highest BCUT2D eigenvalue weighted by atomic mass is 79.9. The summed E-state index contributed by atoms with van der Waals surface area (Å²) in [5, 5.41) is 12.6. The number of nitrogens with zero attached hydrogens (tertiary/aromatic N) is 2. The molecule has 4 heteroatoms. The minimum absolute atomic E-state index is 1.08. The molecule has 0 radical (unpaired) electrons. The normalized spacial score (nSPS) is 12.1. The summed E-state index contributed by atoms with van der Waals surface area (Å²) in [5.41, 5.74) is 7.16. The van der Waals surface area contributed by atoms with Crippen molar-refractivity contribution in [1.29, 1.82) is 0 Å². The summed E-state index contributed by atoms with van der Waals surface area (Å²) in [6.45, 7) is 0. The Morgan fingerprint density at radius 1 is 0.326 bits per heavy atom. The van der Waals surface area contributed by atoms with Gasteiger partial charge in [-0.1, -0.05) is 117 Å². The van der Waals surface area contributed by atoms with E-state index in [9.17, 15) is 0 Å². The van der Waals surface area contributed by atoms with Crippen LogP contribution in [0.3, 0.4) is 0 Å². The highest BCUT2D eigenvalue weighted by Crippen LogP contribution is 2.50. The third-order valence-electron chi connectivity index (χ3n) is 9.54. The Balaban J connectivity index is 1.63. The van der Waals surface area contributed by atoms with E-state index in [0.29, 0.717) is 0 Å². The van der Waals surface area contributed by atoms with Crippen LogP contribution < -0.4 is 0 Å². The van der Waals surface area contributed by atoms with Crippen LogP contribution in [0, 0.1) is 0 Å². The van der Waals surface area contributed by atoms with Crippen LogP contribution in [0.15, 0.2) is 155 Å². The molecule has 10 rings (SSSR count). The first kappa shape index (κ1) is 26.3. The molecule has 0 amide bonds. The van der Waals surface area contributed by atoms with Crippen LogP contribution in [-0.2, 0) is 0 Å². The van der Waals surface area contributed by atoms with E-state index in [1.54, 1.807) is 0 Å². The fraction of sp³-hybridized carbons (Fsp3) is 0. The fourth-order valence-corrected chi connectivity index (χ4v) is 8.56. The molecule has 216 valence electrons. The van der Waals surface area contributed by atoms with Gasteiger partial charge in [-0.05, 0) is 82.2 Å². The number of hydrogen-bond acceptors (Lipinski definition) is 0. The van der Waals surface area contributed by atoms with Gasteiger partial charge in [-0.15, -0.1) is 0 Å². The quantitative estimate of drug-likeness (QED) is 0.158. The number of fused-ring (bicyclic) bond motifs is 15. The van der Waals surface area contributed by atoms with Gasteiger partial charge in [-0.25, -0.2) is 0 Å². The number of benzene rings is 8. The van der Waals surface area contributed by atoms with E-state index >= 15 is 0 Å². The van der Waals surface area contributed by atoms with E-state index < -0.39 is 0 Å². The maximum atomic E-state index is 3.81. The number of aromatic nitrogens is 2. The van der Waals surface area contributed by atoms with Crippen molar-refractivity contribution < 1.29 is 0 Å². The van der Waals surface area contributed by atoms with Crippen molar-refractivity contribution in [2.24, 2.45) is 0 Å². The molecule has 0 aliphatic heterocycles. The molecule has 0 aliphatic rings. The van der Waals surface area contributed by atoms with E-state index in [1.165, 1.54) is 75.9 Å². The predicted molar refractivity (Wildman–Crippen MR) is 203 cm³/mol. The lowest BCUT2D eigenvalue weighted by atomic mass is 9.90. The molecular weight excluding hydrogens is 692 g/mol. The third-order valence-corrected chi connectivity index (χ3v) is 10.5. The zero-order chi connectivity index (χ0) is 30.5. The first-order chi connectivity index (χ1) is 22.7. The molecule has 2 aromatic heterocycles. The predicted octanol–water partition coefficient (Wildman–Crippen LogP) is 12.9. The van der Waals surface area contributed by atoms with Crippen LogP contribution in [0.4, 0.5) is 0 Å². The van der Waals surface area contributed by atoms with Crippen molar-refractivity contribution in [2.75, 3.05) is 0 Å². The summed E-state index contributed by atoms with van der Waals surface area (Å²) < 4.78 is 7.12. The Bertz CT molecular complexity index is 2670. The Hall–Kier alpha value is -4.90. The smallest absolute Gasteiger partial charge is 0.0633 e. The van der Waals surface area contributed by atoms with Crippen molar-refractivity contribution >= 4 is 108 Å². The van der Waals surface area contributed by atoms with E-state index in [4.69, 9.17) is 0 Å². The van der Waals surface area contributed by atoms with Gasteiger partial charge >= 0.3 is 0 Å². The SMILES string of the molecule is Brc1ccc2c(c1)c1c3ccccc3c3c(c4ccccc4c4c5cc(Br)ccc5n(-c5ccccc5)c43)c1n2-c1ccccc1. The number of halogens is 2. The monoisotopic (exact) mass is 714 g/mol. The number of rotatable bonds is 2. The number of para-hydroxylation sites is 2. The molecule has 0 fully saturated rings. The summed E-state index contributed by atoms with van der Waals surface area (Å²) in [6, 6.07) is 53.0. The third kappa shape index (κ3) is 3.51. The average molecular weight is 716 g/mol. The topological polar surface area (TPSA) is 9.86 Å². The van der Waals surface area contributed by atoms with E-state index in [1.807, 2.05) is 0 Å². The Kier molecular flexibility index (Phi) is 5.61. The van der Waals surface area contributed by atoms with Crippen molar-refractivity contribution in [2.45, 2.75) is 0 Å². The first-order valence-corrected chi connectivity index (χ1v) is 17.0. The molecule has 10 aromatic rings. The van der Waals surface area contributed by atoms with Crippen LogP contribution in [0.5, 0.6) is 0 Å². The highest BCUT2D eigenvalue weighted by molar-refractivity contribution is 9.10. The Labute approximate surface area is 281 Å². The van der Waals surface area contributed by atoms with Gasteiger partial charge in [0.15, 0.2) is 0 Å². The minimum Gasteiger partial charge on any atom is -0.309 e. The Morgan fingerprint density at radius 3 is 1.07 bits per heavy atom. The van der Waals surface area contributed by atoms with Crippen molar-refractivity contribution in [3.05, 3.63) is 155 Å². The lowest BCUT2D eigenvalue weighted by molar-refractivity contribution is 1.18. The summed E-state index contributed by atoms with van der Waals surface area (Å²) in [7, 11) is 0. The molecule has 0 saturated heterocycles. The molecule has 0 atom stereocenters. The standard InChI is InChI=1S/C42H24Br2N2/c43-25-19-21-35-33(23-25)37-29-15-7-10-18-32(29)40-39(41(37)45(35)27-11-3-1-4-12-27)31-17-9-8-16-30(31)38-34-24-26(44)20-22-36(34)46(42(38)40)28-13-5-2-6-14-28/h1-24H. The van der Waals surface area contributed by atoms with Gasteiger partial charge in [0.25, 0.3) is 0 Å². The summed E-state index contributed by atoms with van der Waals surface area (Å²) in [6.07, 6.45) is 0. The van der Waals surface area contributed by atoms with Gasteiger partial charge in [0.1, 0.15) is 0 Å². The maximum absolute atomic E-state index is 3.81. The van der Waals surface area contributed by atoms with E-state index in [-0.39, 0.29) is 0 Å². The zero-order valence-corrected chi connectivity index (χ0v) is 27.7. The van der Waals surface area contributed by atoms with Crippen molar-refractivity contribution in [3.63, 3.8) is 0 Å². The van der Waals surface area contributed by atoms with Gasteiger partial charge in [0.2, 0.25) is 0 Å². The molecule has 0 saturated carbocycles. The van der Waals surface area contributed by atoms with Gasteiger partial charge in [0, 0.05) is 52.6 Å². The largest absolute Gasteiger partial charge is 0.309 e. The molecule has 46 heavy (non-hydrogen) atoms. The zero-order valence-electron chi connectivity index (χ0n) is 24.5. The van der Waals surface area contributed by atoms with Gasteiger partial charge in [0.05, 0.1) is 22.1 Å².